The Morgan fingerprint density at radius 3 is 2.67 bits per heavy atom. The highest BCUT2D eigenvalue weighted by atomic mass is 32.2. The second-order valence-electron chi connectivity index (χ2n) is 5.11. The van der Waals surface area contributed by atoms with Gasteiger partial charge in [0.1, 0.15) is 5.82 Å². The fourth-order valence-electron chi connectivity index (χ4n) is 1.74. The van der Waals surface area contributed by atoms with E-state index >= 15 is 0 Å². The Bertz CT molecular complexity index is 634. The van der Waals surface area contributed by atoms with Crippen LogP contribution < -0.4 is 15.8 Å². The number of halogens is 1. The van der Waals surface area contributed by atoms with Crippen LogP contribution in [0.2, 0.25) is 0 Å². The third kappa shape index (κ3) is 4.15. The number of benzene rings is 1. The van der Waals surface area contributed by atoms with Crippen molar-refractivity contribution in [2.45, 2.75) is 37.1 Å². The molecule has 21 heavy (non-hydrogen) atoms. The quantitative estimate of drug-likeness (QED) is 0.671. The van der Waals surface area contributed by atoms with Crippen LogP contribution in [0.4, 0.5) is 10.1 Å². The zero-order chi connectivity index (χ0) is 15.6. The van der Waals surface area contributed by atoms with Gasteiger partial charge in [-0.1, -0.05) is 0 Å². The van der Waals surface area contributed by atoms with Crippen molar-refractivity contribution >= 4 is 21.6 Å². The molecule has 1 saturated carbocycles. The number of carbonyl (C=O) groups is 1. The molecule has 6 nitrogen and oxygen atoms in total. The zero-order valence-electron chi connectivity index (χ0n) is 11.6. The summed E-state index contributed by atoms with van der Waals surface area (Å²) < 4.78 is 39.8. The van der Waals surface area contributed by atoms with Crippen molar-refractivity contribution in [1.82, 2.24) is 10.0 Å². The molecular weight excluding hydrogens is 297 g/mol. The largest absolute Gasteiger partial charge is 0.398 e. The third-order valence-corrected chi connectivity index (χ3v) is 4.70. The number of nitrogens with two attached hydrogens (primary N) is 1. The molecule has 0 spiro atoms. The first-order valence-corrected chi connectivity index (χ1v) is 8.12. The van der Waals surface area contributed by atoms with Crippen molar-refractivity contribution in [3.63, 3.8) is 0 Å². The molecule has 0 aliphatic heterocycles. The molecule has 0 heterocycles. The molecule has 0 bridgehead atoms. The molecule has 1 fully saturated rings. The lowest BCUT2D eigenvalue weighted by atomic mass is 10.2. The Hall–Kier alpha value is -1.67. The molecule has 0 radical (unpaired) electrons. The number of nitrogen functional groups attached to an aromatic ring is 1. The predicted molar refractivity (Wildman–Crippen MR) is 76.5 cm³/mol. The summed E-state index contributed by atoms with van der Waals surface area (Å²) in [6.07, 6.45) is 1.98. The summed E-state index contributed by atoms with van der Waals surface area (Å²) in [6, 6.07) is 2.35. The van der Waals surface area contributed by atoms with Crippen LogP contribution in [0, 0.1) is 12.7 Å². The van der Waals surface area contributed by atoms with Gasteiger partial charge in [-0.05, 0) is 31.9 Å². The SMILES string of the molecule is Cc1c(N)cc(S(=O)(=O)NCCC(=O)NC2CC2)cc1F. The van der Waals surface area contributed by atoms with Gasteiger partial charge in [-0.15, -0.1) is 0 Å². The number of hydrogen-bond acceptors (Lipinski definition) is 4. The van der Waals surface area contributed by atoms with Crippen molar-refractivity contribution in [3.05, 3.63) is 23.5 Å². The Kier molecular flexibility index (Phi) is 4.48. The van der Waals surface area contributed by atoms with Crippen molar-refractivity contribution < 1.29 is 17.6 Å². The number of anilines is 1. The van der Waals surface area contributed by atoms with Crippen LogP contribution in [0.15, 0.2) is 17.0 Å². The van der Waals surface area contributed by atoms with Crippen molar-refractivity contribution in [2.24, 2.45) is 0 Å². The number of sulfonamides is 1. The van der Waals surface area contributed by atoms with Gasteiger partial charge in [0.25, 0.3) is 0 Å². The minimum Gasteiger partial charge on any atom is -0.398 e. The van der Waals surface area contributed by atoms with Crippen LogP contribution in [0.3, 0.4) is 0 Å². The third-order valence-electron chi connectivity index (χ3n) is 3.25. The van der Waals surface area contributed by atoms with Crippen molar-refractivity contribution in [1.29, 1.82) is 0 Å². The molecule has 8 heteroatoms. The fraction of sp³-hybridized carbons (Fsp3) is 0.462. The molecule has 0 aromatic heterocycles. The van der Waals surface area contributed by atoms with Gasteiger partial charge in [0, 0.05) is 30.3 Å². The number of carbonyl (C=O) groups excluding carboxylic acids is 1. The summed E-state index contributed by atoms with van der Waals surface area (Å²) in [5.74, 6) is -0.878. The minimum absolute atomic E-state index is 0.0412. The fourth-order valence-corrected chi connectivity index (χ4v) is 2.82. The number of rotatable bonds is 6. The Balaban J connectivity index is 1.96. The van der Waals surface area contributed by atoms with Gasteiger partial charge in [-0.25, -0.2) is 17.5 Å². The van der Waals surface area contributed by atoms with E-state index in [9.17, 15) is 17.6 Å². The minimum atomic E-state index is -3.88. The van der Waals surface area contributed by atoms with E-state index in [1.165, 1.54) is 13.0 Å². The Morgan fingerprint density at radius 2 is 2.10 bits per heavy atom. The van der Waals surface area contributed by atoms with Crippen molar-refractivity contribution in [3.8, 4) is 0 Å². The monoisotopic (exact) mass is 315 g/mol. The summed E-state index contributed by atoms with van der Waals surface area (Å²) in [6.45, 7) is 1.42. The van der Waals surface area contributed by atoms with E-state index in [4.69, 9.17) is 5.73 Å². The highest BCUT2D eigenvalue weighted by Crippen LogP contribution is 2.21. The molecule has 4 N–H and O–H groups in total. The summed E-state index contributed by atoms with van der Waals surface area (Å²) in [5.41, 5.74) is 5.84. The number of nitrogens with one attached hydrogen (secondary N) is 2. The van der Waals surface area contributed by atoms with E-state index in [0.717, 1.165) is 18.9 Å². The van der Waals surface area contributed by atoms with E-state index in [2.05, 4.69) is 10.0 Å². The molecule has 1 aromatic carbocycles. The zero-order valence-corrected chi connectivity index (χ0v) is 12.5. The van der Waals surface area contributed by atoms with E-state index in [1.807, 2.05) is 0 Å². The van der Waals surface area contributed by atoms with Gasteiger partial charge in [-0.3, -0.25) is 4.79 Å². The first-order chi connectivity index (χ1) is 9.79. The standard InChI is InChI=1S/C13H18FN3O3S/c1-8-11(14)6-10(7-12(8)15)21(19,20)16-5-4-13(18)17-9-2-3-9/h6-7,9,16H,2-5,15H2,1H3,(H,17,18). The van der Waals surface area contributed by atoms with Crippen LogP contribution in [0.5, 0.6) is 0 Å². The van der Waals surface area contributed by atoms with Crippen LogP contribution >= 0.6 is 0 Å². The molecule has 0 unspecified atom stereocenters. The Labute approximate surface area is 123 Å². The average molecular weight is 315 g/mol. The van der Waals surface area contributed by atoms with Gasteiger partial charge in [0.2, 0.25) is 15.9 Å². The van der Waals surface area contributed by atoms with Crippen LogP contribution in [0.1, 0.15) is 24.8 Å². The van der Waals surface area contributed by atoms with E-state index < -0.39 is 15.8 Å². The van der Waals surface area contributed by atoms with Crippen LogP contribution in [0.25, 0.3) is 0 Å². The maximum absolute atomic E-state index is 13.5. The van der Waals surface area contributed by atoms with Crippen molar-refractivity contribution in [2.75, 3.05) is 12.3 Å². The normalized spacial score (nSPS) is 15.0. The average Bonchev–Trinajstić information content (AvgIpc) is 3.18. The smallest absolute Gasteiger partial charge is 0.240 e. The highest BCUT2D eigenvalue weighted by molar-refractivity contribution is 7.89. The maximum Gasteiger partial charge on any atom is 0.240 e. The van der Waals surface area contributed by atoms with E-state index in [-0.39, 0.29) is 41.1 Å². The summed E-state index contributed by atoms with van der Waals surface area (Å²) in [4.78, 5) is 11.2. The molecule has 0 saturated heterocycles. The van der Waals surface area contributed by atoms with Gasteiger partial charge in [-0.2, -0.15) is 0 Å². The first-order valence-electron chi connectivity index (χ1n) is 6.64. The van der Waals surface area contributed by atoms with Gasteiger partial charge in [0.05, 0.1) is 4.90 Å². The van der Waals surface area contributed by atoms with Crippen LogP contribution in [-0.4, -0.2) is 26.9 Å². The van der Waals surface area contributed by atoms with Gasteiger partial charge < -0.3 is 11.1 Å². The number of hydrogen-bond donors (Lipinski definition) is 3. The summed E-state index contributed by atoms with van der Waals surface area (Å²) in [5, 5.41) is 2.75. The van der Waals surface area contributed by atoms with Crippen LogP contribution in [-0.2, 0) is 14.8 Å². The Morgan fingerprint density at radius 1 is 1.43 bits per heavy atom. The second-order valence-corrected chi connectivity index (χ2v) is 6.88. The summed E-state index contributed by atoms with van der Waals surface area (Å²) in [7, 11) is -3.88. The molecule has 1 aliphatic carbocycles. The molecule has 0 atom stereocenters. The van der Waals surface area contributed by atoms with Gasteiger partial charge in [0.15, 0.2) is 0 Å². The number of amides is 1. The topological polar surface area (TPSA) is 101 Å². The molecule has 1 amide bonds. The predicted octanol–water partition coefficient (Wildman–Crippen LogP) is 0.663. The molecule has 2 rings (SSSR count). The lowest BCUT2D eigenvalue weighted by molar-refractivity contribution is -0.121. The van der Waals surface area contributed by atoms with E-state index in [0.29, 0.717) is 0 Å². The van der Waals surface area contributed by atoms with Gasteiger partial charge >= 0.3 is 0 Å². The second kappa shape index (κ2) is 5.98. The molecule has 1 aromatic rings. The molecule has 1 aliphatic rings. The highest BCUT2D eigenvalue weighted by Gasteiger charge is 2.23. The first kappa shape index (κ1) is 15.7. The lowest BCUT2D eigenvalue weighted by Gasteiger charge is -2.09. The van der Waals surface area contributed by atoms with E-state index in [1.54, 1.807) is 0 Å². The molecular formula is C13H18FN3O3S. The molecule has 116 valence electrons. The lowest BCUT2D eigenvalue weighted by Crippen LogP contribution is -2.31. The summed E-state index contributed by atoms with van der Waals surface area (Å²) >= 11 is 0. The maximum atomic E-state index is 13.5.